The number of hydrogen-bond acceptors (Lipinski definition) is 3. The number of rotatable bonds is 7. The van der Waals surface area contributed by atoms with Crippen molar-refractivity contribution in [1.29, 1.82) is 0 Å². The summed E-state index contributed by atoms with van der Waals surface area (Å²) in [6.07, 6.45) is 2.08. The fourth-order valence-corrected chi connectivity index (χ4v) is 4.57. The predicted octanol–water partition coefficient (Wildman–Crippen LogP) is 4.94. The lowest BCUT2D eigenvalue weighted by Gasteiger charge is -2.37. The third kappa shape index (κ3) is 5.33. The van der Waals surface area contributed by atoms with Crippen molar-refractivity contribution in [1.82, 2.24) is 10.2 Å². The monoisotopic (exact) mass is 430 g/mol. The zero-order chi connectivity index (χ0) is 21.6. The molecule has 0 aliphatic carbocycles. The lowest BCUT2D eigenvalue weighted by atomic mass is 9.93. The van der Waals surface area contributed by atoms with Crippen LogP contribution in [0.2, 0.25) is 0 Å². The molecule has 0 amide bonds. The first kappa shape index (κ1) is 21.5. The number of ether oxygens (including phenoxy) is 1. The largest absolute Gasteiger partial charge is 0.496 e. The van der Waals surface area contributed by atoms with Crippen molar-refractivity contribution >= 4 is 17.2 Å². The minimum absolute atomic E-state index is 0.396. The van der Waals surface area contributed by atoms with Crippen LogP contribution in [0, 0.1) is 6.92 Å². The maximum atomic E-state index is 5.75. The maximum Gasteiger partial charge on any atom is 0.129 e. The van der Waals surface area contributed by atoms with E-state index in [2.05, 4.69) is 77.8 Å². The van der Waals surface area contributed by atoms with Crippen molar-refractivity contribution in [3.63, 3.8) is 0 Å². The molecule has 160 valence electrons. The van der Waals surface area contributed by atoms with Gasteiger partial charge in [0.1, 0.15) is 10.7 Å². The summed E-state index contributed by atoms with van der Waals surface area (Å²) < 4.78 is 5.53. The highest BCUT2D eigenvalue weighted by Gasteiger charge is 2.26. The van der Waals surface area contributed by atoms with Gasteiger partial charge in [0, 0.05) is 25.7 Å². The lowest BCUT2D eigenvalue weighted by Crippen LogP contribution is -2.48. The minimum atomic E-state index is 0.396. The summed E-state index contributed by atoms with van der Waals surface area (Å²) in [6, 6.07) is 26.1. The smallest absolute Gasteiger partial charge is 0.129 e. The number of hydrogen-bond donors (Lipinski definition) is 1. The molecule has 0 radical (unpaired) electrons. The molecule has 0 bridgehead atoms. The van der Waals surface area contributed by atoms with Crippen LogP contribution in [0.15, 0.2) is 72.8 Å². The van der Waals surface area contributed by atoms with Crippen LogP contribution in [-0.4, -0.2) is 36.1 Å². The van der Waals surface area contributed by atoms with E-state index in [0.29, 0.717) is 6.04 Å². The molecule has 1 aliphatic rings. The molecule has 0 saturated carbocycles. The normalized spacial score (nSPS) is 15.9. The average Bonchev–Trinajstić information content (AvgIpc) is 2.81. The zero-order valence-corrected chi connectivity index (χ0v) is 19.1. The summed E-state index contributed by atoms with van der Waals surface area (Å²) in [4.78, 5) is 3.35. The molecule has 3 aromatic rings. The predicted molar refractivity (Wildman–Crippen MR) is 132 cm³/mol. The van der Waals surface area contributed by atoms with Crippen LogP contribution in [0.1, 0.15) is 27.8 Å². The molecule has 3 aromatic carbocycles. The molecule has 0 aromatic heterocycles. The van der Waals surface area contributed by atoms with Crippen molar-refractivity contribution in [2.45, 2.75) is 32.4 Å². The average molecular weight is 431 g/mol. The van der Waals surface area contributed by atoms with Gasteiger partial charge >= 0.3 is 0 Å². The van der Waals surface area contributed by atoms with Crippen molar-refractivity contribution < 1.29 is 4.74 Å². The van der Waals surface area contributed by atoms with Gasteiger partial charge in [0.25, 0.3) is 0 Å². The molecule has 1 heterocycles. The summed E-state index contributed by atoms with van der Waals surface area (Å²) >= 11 is 5.75. The van der Waals surface area contributed by atoms with Crippen LogP contribution in [0.4, 0.5) is 0 Å². The van der Waals surface area contributed by atoms with Gasteiger partial charge in [-0.25, -0.2) is 0 Å². The van der Waals surface area contributed by atoms with Gasteiger partial charge in [-0.05, 0) is 48.6 Å². The molecule has 0 unspecified atom stereocenters. The number of nitrogens with zero attached hydrogens (tertiary/aromatic N) is 1. The molecule has 1 aliphatic heterocycles. The second-order valence-electron chi connectivity index (χ2n) is 8.25. The van der Waals surface area contributed by atoms with Crippen molar-refractivity contribution in [2.24, 2.45) is 0 Å². The Morgan fingerprint density at radius 1 is 1.03 bits per heavy atom. The molecule has 4 rings (SSSR count). The van der Waals surface area contributed by atoms with E-state index in [0.717, 1.165) is 48.8 Å². The Bertz CT molecular complexity index is 1030. The Hall–Kier alpha value is -2.69. The van der Waals surface area contributed by atoms with Gasteiger partial charge < -0.3 is 10.1 Å². The molecule has 1 N–H and O–H groups in total. The first-order valence-electron chi connectivity index (χ1n) is 10.9. The quantitative estimate of drug-likeness (QED) is 0.537. The third-order valence-electron chi connectivity index (χ3n) is 6.09. The second kappa shape index (κ2) is 10.1. The van der Waals surface area contributed by atoms with E-state index in [1.165, 1.54) is 22.3 Å². The molecule has 31 heavy (non-hydrogen) atoms. The molecule has 1 atom stereocenters. The van der Waals surface area contributed by atoms with E-state index < -0.39 is 0 Å². The molecule has 0 spiro atoms. The van der Waals surface area contributed by atoms with Crippen LogP contribution in [0.25, 0.3) is 0 Å². The second-order valence-corrected chi connectivity index (χ2v) is 8.65. The molecule has 0 saturated heterocycles. The Morgan fingerprint density at radius 2 is 1.77 bits per heavy atom. The zero-order valence-electron chi connectivity index (χ0n) is 18.3. The molecular formula is C27H30N2OS. The molecule has 3 nitrogen and oxygen atoms in total. The van der Waals surface area contributed by atoms with Crippen LogP contribution >= 0.6 is 12.2 Å². The fourth-order valence-electron chi connectivity index (χ4n) is 4.33. The number of fused-ring (bicyclic) bond motifs is 1. The van der Waals surface area contributed by atoms with Gasteiger partial charge in [-0.15, -0.1) is 0 Å². The van der Waals surface area contributed by atoms with Gasteiger partial charge in [-0.2, -0.15) is 0 Å². The summed E-state index contributed by atoms with van der Waals surface area (Å²) in [5.74, 6) is 0.818. The minimum Gasteiger partial charge on any atom is -0.496 e. The van der Waals surface area contributed by atoms with E-state index in [1.807, 2.05) is 12.1 Å². The van der Waals surface area contributed by atoms with Crippen LogP contribution < -0.4 is 10.1 Å². The number of methoxy groups -OCH3 is 1. The number of thiocarbonyl (C=S) groups is 1. The first-order valence-corrected chi connectivity index (χ1v) is 11.3. The standard InChI is InChI=1S/C27H30N2OS/c1-20-12-13-26(30-2)25(16-20)27(31)28-18-24-17-22-10-6-7-11-23(22)19-29(24)15-14-21-8-4-3-5-9-21/h3-13,16,24H,14-15,17-19H2,1-2H3,(H,28,31)/t24-/m1/s1. The summed E-state index contributed by atoms with van der Waals surface area (Å²) in [7, 11) is 1.69. The highest BCUT2D eigenvalue weighted by atomic mass is 32.1. The molecular weight excluding hydrogens is 400 g/mol. The van der Waals surface area contributed by atoms with Crippen LogP contribution in [0.5, 0.6) is 5.75 Å². The van der Waals surface area contributed by atoms with E-state index in [4.69, 9.17) is 17.0 Å². The van der Waals surface area contributed by atoms with E-state index in [9.17, 15) is 0 Å². The Labute approximate surface area is 191 Å². The number of nitrogens with one attached hydrogen (secondary N) is 1. The summed E-state index contributed by atoms with van der Waals surface area (Å²) in [6.45, 7) is 4.91. The highest BCUT2D eigenvalue weighted by Crippen LogP contribution is 2.24. The van der Waals surface area contributed by atoms with Gasteiger partial charge in [-0.1, -0.05) is 78.4 Å². The maximum absolute atomic E-state index is 5.75. The van der Waals surface area contributed by atoms with E-state index in [1.54, 1.807) is 7.11 Å². The molecule has 4 heteroatoms. The highest BCUT2D eigenvalue weighted by molar-refractivity contribution is 7.80. The topological polar surface area (TPSA) is 24.5 Å². The van der Waals surface area contributed by atoms with Crippen LogP contribution in [-0.2, 0) is 19.4 Å². The Kier molecular flexibility index (Phi) is 7.00. The number of benzene rings is 3. The lowest BCUT2D eigenvalue weighted by molar-refractivity contribution is 0.174. The van der Waals surface area contributed by atoms with Crippen molar-refractivity contribution in [3.05, 3.63) is 101 Å². The number of aryl methyl sites for hydroxylation is 1. The van der Waals surface area contributed by atoms with Gasteiger partial charge in [0.15, 0.2) is 0 Å². The summed E-state index contributed by atoms with van der Waals surface area (Å²) in [5, 5.41) is 3.54. The first-order chi connectivity index (χ1) is 15.1. The van der Waals surface area contributed by atoms with Gasteiger partial charge in [-0.3, -0.25) is 4.90 Å². The Balaban J connectivity index is 1.47. The van der Waals surface area contributed by atoms with Gasteiger partial charge in [0.2, 0.25) is 0 Å². The van der Waals surface area contributed by atoms with Crippen molar-refractivity contribution in [3.8, 4) is 5.75 Å². The molecule has 0 fully saturated rings. The summed E-state index contributed by atoms with van der Waals surface area (Å²) in [5.41, 5.74) is 6.41. The third-order valence-corrected chi connectivity index (χ3v) is 6.46. The van der Waals surface area contributed by atoms with E-state index in [-0.39, 0.29) is 0 Å². The van der Waals surface area contributed by atoms with Gasteiger partial charge in [0.05, 0.1) is 12.7 Å². The van der Waals surface area contributed by atoms with Crippen molar-refractivity contribution in [2.75, 3.05) is 20.2 Å². The van der Waals surface area contributed by atoms with E-state index >= 15 is 0 Å². The SMILES string of the molecule is COc1ccc(C)cc1C(=S)NC[C@H]1Cc2ccccc2CN1CCc1ccccc1. The van der Waals surface area contributed by atoms with Crippen LogP contribution in [0.3, 0.4) is 0 Å². The fraction of sp³-hybridized carbons (Fsp3) is 0.296. The Morgan fingerprint density at radius 3 is 2.55 bits per heavy atom.